The van der Waals surface area contributed by atoms with E-state index in [0.717, 1.165) is 36.8 Å². The predicted octanol–water partition coefficient (Wildman–Crippen LogP) is 4.56. The summed E-state index contributed by atoms with van der Waals surface area (Å²) in [6.07, 6.45) is 2.61. The van der Waals surface area contributed by atoms with Crippen LogP contribution in [0.1, 0.15) is 73.0 Å². The first kappa shape index (κ1) is 28.6. The van der Waals surface area contributed by atoms with E-state index in [1.807, 2.05) is 48.4 Å². The zero-order chi connectivity index (χ0) is 29.4. The Morgan fingerprint density at radius 1 is 1.07 bits per heavy atom. The summed E-state index contributed by atoms with van der Waals surface area (Å²) in [6, 6.07) is 14.6. The van der Waals surface area contributed by atoms with Crippen molar-refractivity contribution >= 4 is 29.5 Å². The Morgan fingerprint density at radius 2 is 1.76 bits per heavy atom. The van der Waals surface area contributed by atoms with Gasteiger partial charge in [0.2, 0.25) is 11.7 Å². The van der Waals surface area contributed by atoms with E-state index in [2.05, 4.69) is 21.6 Å². The molecule has 0 radical (unpaired) electrons. The molecule has 3 aromatic rings. The Balaban J connectivity index is 1.30. The molecule has 1 aliphatic carbocycles. The molecule has 0 spiro atoms. The Morgan fingerprint density at radius 3 is 2.39 bits per heavy atom. The van der Waals surface area contributed by atoms with Gasteiger partial charge in [0, 0.05) is 47.2 Å². The highest BCUT2D eigenvalue weighted by molar-refractivity contribution is 6.30. The van der Waals surface area contributed by atoms with Crippen LogP contribution in [0.4, 0.5) is 4.79 Å². The van der Waals surface area contributed by atoms with E-state index < -0.39 is 17.6 Å². The van der Waals surface area contributed by atoms with Crippen LogP contribution in [0.2, 0.25) is 5.02 Å². The van der Waals surface area contributed by atoms with Crippen molar-refractivity contribution in [2.45, 2.75) is 70.1 Å². The highest BCUT2D eigenvalue weighted by atomic mass is 35.5. The second-order valence-corrected chi connectivity index (χ2v) is 12.3. The lowest BCUT2D eigenvalue weighted by molar-refractivity contribution is 0.0470. The molecule has 2 aliphatic rings. The predicted molar refractivity (Wildman–Crippen MR) is 155 cm³/mol. The fourth-order valence-electron chi connectivity index (χ4n) is 5.86. The van der Waals surface area contributed by atoms with Gasteiger partial charge in [-0.25, -0.2) is 4.79 Å². The number of carbonyl (C=O) groups excluding carboxylic acids is 3. The van der Waals surface area contributed by atoms with E-state index >= 15 is 0 Å². The van der Waals surface area contributed by atoms with Gasteiger partial charge >= 0.3 is 6.09 Å². The van der Waals surface area contributed by atoms with Gasteiger partial charge in [0.1, 0.15) is 5.60 Å². The molecule has 0 saturated heterocycles. The zero-order valence-electron chi connectivity index (χ0n) is 23.5. The van der Waals surface area contributed by atoms with E-state index in [1.165, 1.54) is 0 Å². The molecular weight excluding hydrogens is 544 g/mol. The van der Waals surface area contributed by atoms with Crippen LogP contribution in [0.5, 0.6) is 0 Å². The molecule has 1 saturated carbocycles. The van der Waals surface area contributed by atoms with E-state index in [1.54, 1.807) is 24.3 Å². The molecule has 1 aliphatic heterocycles. The number of rotatable bonds is 6. The highest BCUT2D eigenvalue weighted by Crippen LogP contribution is 2.42. The summed E-state index contributed by atoms with van der Waals surface area (Å²) in [5.41, 5.74) is 6.66. The first-order valence-electron chi connectivity index (χ1n) is 13.8. The van der Waals surface area contributed by atoms with Gasteiger partial charge in [-0.05, 0) is 76.3 Å². The summed E-state index contributed by atoms with van der Waals surface area (Å²) < 4.78 is 7.32. The summed E-state index contributed by atoms with van der Waals surface area (Å²) in [5, 5.41) is 12.2. The largest absolute Gasteiger partial charge is 0.444 e. The Labute approximate surface area is 244 Å². The second-order valence-electron chi connectivity index (χ2n) is 11.8. The van der Waals surface area contributed by atoms with E-state index in [4.69, 9.17) is 22.1 Å². The van der Waals surface area contributed by atoms with Gasteiger partial charge in [-0.15, -0.1) is 10.2 Å². The number of ether oxygens (including phenoxy) is 1. The number of aromatic nitrogens is 3. The van der Waals surface area contributed by atoms with Crippen LogP contribution in [0.3, 0.4) is 0 Å². The van der Waals surface area contributed by atoms with E-state index in [0.29, 0.717) is 41.9 Å². The molecule has 3 amide bonds. The van der Waals surface area contributed by atoms with E-state index in [9.17, 15) is 14.4 Å². The fourth-order valence-corrected chi connectivity index (χ4v) is 6.05. The normalized spacial score (nSPS) is 20.8. The minimum Gasteiger partial charge on any atom is -0.444 e. The third-order valence-electron chi connectivity index (χ3n) is 7.96. The van der Waals surface area contributed by atoms with Crippen molar-refractivity contribution in [2.24, 2.45) is 5.73 Å². The summed E-state index contributed by atoms with van der Waals surface area (Å²) in [6.45, 7) is 7.03. The summed E-state index contributed by atoms with van der Waals surface area (Å²) in [7, 11) is 0. The average molecular weight is 579 g/mol. The van der Waals surface area contributed by atoms with Gasteiger partial charge in [0.25, 0.3) is 5.91 Å². The number of hydrogen-bond donors (Lipinski definition) is 2. The number of halogens is 1. The van der Waals surface area contributed by atoms with Gasteiger partial charge in [-0.1, -0.05) is 35.9 Å². The Kier molecular flexibility index (Phi) is 7.78. The number of carbonyl (C=O) groups is 3. The number of alkyl carbamates (subject to hydrolysis) is 1. The smallest absolute Gasteiger partial charge is 0.407 e. The number of nitrogens with one attached hydrogen (secondary N) is 1. The second kappa shape index (κ2) is 11.2. The number of amides is 3. The molecule has 2 aromatic carbocycles. The number of nitrogens with two attached hydrogens (primary N) is 1. The van der Waals surface area contributed by atoms with Crippen LogP contribution >= 0.6 is 11.6 Å². The van der Waals surface area contributed by atoms with Crippen LogP contribution in [0, 0.1) is 0 Å². The van der Waals surface area contributed by atoms with Crippen molar-refractivity contribution in [1.29, 1.82) is 0 Å². The maximum Gasteiger partial charge on any atom is 0.407 e. The molecule has 41 heavy (non-hydrogen) atoms. The van der Waals surface area contributed by atoms with Gasteiger partial charge in [0.15, 0.2) is 5.82 Å². The van der Waals surface area contributed by atoms with Gasteiger partial charge in [-0.3, -0.25) is 9.59 Å². The molecule has 10 nitrogen and oxygen atoms in total. The van der Waals surface area contributed by atoms with Gasteiger partial charge in [-0.2, -0.15) is 0 Å². The van der Waals surface area contributed by atoms with Crippen molar-refractivity contribution in [2.75, 3.05) is 13.1 Å². The fraction of sp³-hybridized carbons (Fsp3) is 0.433. The van der Waals surface area contributed by atoms with Crippen molar-refractivity contribution in [3.8, 4) is 11.4 Å². The number of hydrogen-bond acceptors (Lipinski definition) is 6. The number of primary amides is 1. The van der Waals surface area contributed by atoms with E-state index in [-0.39, 0.29) is 17.4 Å². The molecule has 2 heterocycles. The first-order valence-corrected chi connectivity index (χ1v) is 14.2. The quantitative estimate of drug-likeness (QED) is 0.441. The summed E-state index contributed by atoms with van der Waals surface area (Å²) in [4.78, 5) is 39.4. The lowest BCUT2D eigenvalue weighted by Gasteiger charge is -2.45. The molecule has 3 N–H and O–H groups in total. The monoisotopic (exact) mass is 578 g/mol. The van der Waals surface area contributed by atoms with Crippen LogP contribution in [0.15, 0.2) is 48.5 Å². The van der Waals surface area contributed by atoms with Crippen LogP contribution in [-0.4, -0.2) is 62.3 Å². The van der Waals surface area contributed by atoms with Crippen LogP contribution < -0.4 is 11.1 Å². The highest BCUT2D eigenvalue weighted by Gasteiger charge is 2.42. The molecule has 1 aromatic heterocycles. The zero-order valence-corrected chi connectivity index (χ0v) is 24.3. The molecule has 0 bridgehead atoms. The minimum atomic E-state index is -0.590. The lowest BCUT2D eigenvalue weighted by atomic mass is 9.67. The van der Waals surface area contributed by atoms with Gasteiger partial charge in [0.05, 0.1) is 0 Å². The van der Waals surface area contributed by atoms with Crippen molar-refractivity contribution in [3.05, 3.63) is 70.5 Å². The molecule has 216 valence electrons. The number of fused-ring (bicyclic) bond motifs is 1. The molecular formula is C30H35ClN6O4. The third kappa shape index (κ3) is 6.07. The van der Waals surface area contributed by atoms with Crippen LogP contribution in [-0.2, 0) is 16.7 Å². The standard InChI is InChI=1S/C30H35ClN6O4/c1-29(2,3)41-28(40)33-18-30(21-5-4-6-22(31)17-21)13-11-23(12-14-30)36-15-16-37-25(34-35-26(37)27(36)39)20-9-7-19(8-10-20)24(32)38/h4-10,17,23H,11-16,18H2,1-3H3,(H2,32,38)(H,33,40). The lowest BCUT2D eigenvalue weighted by Crippen LogP contribution is -2.51. The Bertz CT molecular complexity index is 1450. The third-order valence-corrected chi connectivity index (χ3v) is 8.19. The van der Waals surface area contributed by atoms with Crippen molar-refractivity contribution in [3.63, 3.8) is 0 Å². The van der Waals surface area contributed by atoms with Gasteiger partial charge < -0.3 is 25.3 Å². The summed E-state index contributed by atoms with van der Waals surface area (Å²) in [5.74, 6) is 0.248. The average Bonchev–Trinajstić information content (AvgIpc) is 3.37. The SMILES string of the molecule is CC(C)(C)OC(=O)NCC1(c2cccc(Cl)c2)CCC(N2CCn3c(nnc3-c3ccc(C(N)=O)cc3)C2=O)CC1. The number of benzene rings is 2. The number of nitrogens with zero attached hydrogens (tertiary/aromatic N) is 4. The minimum absolute atomic E-state index is 0.0417. The molecule has 0 unspecified atom stereocenters. The molecule has 11 heteroatoms. The molecule has 0 atom stereocenters. The van der Waals surface area contributed by atoms with Crippen molar-refractivity contribution in [1.82, 2.24) is 25.0 Å². The van der Waals surface area contributed by atoms with Crippen molar-refractivity contribution < 1.29 is 19.1 Å². The maximum atomic E-state index is 13.6. The topological polar surface area (TPSA) is 132 Å². The Hall–Kier alpha value is -3.92. The molecule has 5 rings (SSSR count). The summed E-state index contributed by atoms with van der Waals surface area (Å²) >= 11 is 6.36. The molecule has 1 fully saturated rings. The van der Waals surface area contributed by atoms with Crippen LogP contribution in [0.25, 0.3) is 11.4 Å². The maximum absolute atomic E-state index is 13.6. The first-order chi connectivity index (χ1) is 19.5.